The summed E-state index contributed by atoms with van der Waals surface area (Å²) in [6.07, 6.45) is 1.92. The third kappa shape index (κ3) is 3.60. The molecule has 0 atom stereocenters. The molecule has 86 valence electrons. The first-order valence-corrected chi connectivity index (χ1v) is 5.39. The van der Waals surface area contributed by atoms with Crippen molar-refractivity contribution in [2.24, 2.45) is 5.73 Å². The number of hydrogen-bond donors (Lipinski definition) is 1. The van der Waals surface area contributed by atoms with Gasteiger partial charge < -0.3 is 10.6 Å². The van der Waals surface area contributed by atoms with E-state index in [0.717, 1.165) is 37.3 Å². The monoisotopic (exact) mass is 211 g/mol. The zero-order valence-corrected chi connectivity index (χ0v) is 9.90. The van der Waals surface area contributed by atoms with Gasteiger partial charge in [-0.2, -0.15) is 0 Å². The summed E-state index contributed by atoms with van der Waals surface area (Å²) in [6.45, 7) is 4.70. The van der Waals surface area contributed by atoms with E-state index in [1.807, 2.05) is 4.68 Å². The molecule has 2 N–H and O–H groups in total. The normalized spacial score (nSPS) is 11.3. The van der Waals surface area contributed by atoms with E-state index in [0.29, 0.717) is 6.54 Å². The third-order valence-corrected chi connectivity index (χ3v) is 2.43. The Morgan fingerprint density at radius 1 is 1.40 bits per heavy atom. The van der Waals surface area contributed by atoms with E-state index in [4.69, 9.17) is 5.73 Å². The Hall–Kier alpha value is -0.940. The lowest BCUT2D eigenvalue weighted by atomic mass is 10.2. The van der Waals surface area contributed by atoms with Gasteiger partial charge in [-0.15, -0.1) is 5.10 Å². The van der Waals surface area contributed by atoms with E-state index in [-0.39, 0.29) is 0 Å². The van der Waals surface area contributed by atoms with Gasteiger partial charge in [0.2, 0.25) is 0 Å². The lowest BCUT2D eigenvalue weighted by Gasteiger charge is -2.09. The van der Waals surface area contributed by atoms with Crippen LogP contribution in [0.2, 0.25) is 0 Å². The lowest BCUT2D eigenvalue weighted by Crippen LogP contribution is -2.16. The number of aryl methyl sites for hydroxylation is 1. The number of nitrogens with zero attached hydrogens (tertiary/aromatic N) is 4. The lowest BCUT2D eigenvalue weighted by molar-refractivity contribution is 0.377. The van der Waals surface area contributed by atoms with Crippen molar-refractivity contribution in [1.82, 2.24) is 19.9 Å². The Morgan fingerprint density at radius 3 is 2.73 bits per heavy atom. The summed E-state index contributed by atoms with van der Waals surface area (Å²) in [6, 6.07) is 0. The van der Waals surface area contributed by atoms with Gasteiger partial charge in [0.1, 0.15) is 0 Å². The number of aromatic nitrogens is 3. The summed E-state index contributed by atoms with van der Waals surface area (Å²) in [5.41, 5.74) is 7.68. The third-order valence-electron chi connectivity index (χ3n) is 2.43. The Morgan fingerprint density at radius 2 is 2.13 bits per heavy atom. The number of nitrogens with two attached hydrogens (primary N) is 1. The van der Waals surface area contributed by atoms with Crippen molar-refractivity contribution in [2.75, 3.05) is 27.2 Å². The minimum atomic E-state index is 0.636. The fraction of sp³-hybridized carbons (Fsp3) is 0.800. The molecule has 15 heavy (non-hydrogen) atoms. The van der Waals surface area contributed by atoms with E-state index in [1.54, 1.807) is 0 Å². The van der Waals surface area contributed by atoms with Crippen LogP contribution in [0.4, 0.5) is 0 Å². The molecule has 0 saturated carbocycles. The van der Waals surface area contributed by atoms with E-state index in [9.17, 15) is 0 Å². The maximum atomic E-state index is 5.49. The molecule has 0 fully saturated rings. The Bertz CT molecular complexity index is 292. The molecule has 1 aromatic heterocycles. The number of rotatable bonds is 6. The summed E-state index contributed by atoms with van der Waals surface area (Å²) in [7, 11) is 4.15. The molecule has 0 saturated heterocycles. The summed E-state index contributed by atoms with van der Waals surface area (Å²) < 4.78 is 1.97. The van der Waals surface area contributed by atoms with Gasteiger partial charge in [0, 0.05) is 13.0 Å². The highest BCUT2D eigenvalue weighted by Crippen LogP contribution is 2.04. The smallest absolute Gasteiger partial charge is 0.0868 e. The van der Waals surface area contributed by atoms with Crippen LogP contribution in [0.5, 0.6) is 0 Å². The molecule has 0 aromatic carbocycles. The van der Waals surface area contributed by atoms with Gasteiger partial charge >= 0.3 is 0 Å². The van der Waals surface area contributed by atoms with Crippen molar-refractivity contribution < 1.29 is 0 Å². The van der Waals surface area contributed by atoms with Crippen LogP contribution in [0.15, 0.2) is 0 Å². The van der Waals surface area contributed by atoms with Gasteiger partial charge in [-0.05, 0) is 40.5 Å². The highest BCUT2D eigenvalue weighted by molar-refractivity contribution is 5.07. The fourth-order valence-corrected chi connectivity index (χ4v) is 1.51. The molecule has 1 aromatic rings. The summed E-state index contributed by atoms with van der Waals surface area (Å²) in [5.74, 6) is 0. The zero-order valence-electron chi connectivity index (χ0n) is 9.90. The Kier molecular flexibility index (Phi) is 4.71. The fourth-order valence-electron chi connectivity index (χ4n) is 1.51. The Balaban J connectivity index is 2.47. The number of hydrogen-bond acceptors (Lipinski definition) is 4. The van der Waals surface area contributed by atoms with Gasteiger partial charge in [-0.3, -0.25) is 0 Å². The second kappa shape index (κ2) is 5.82. The molecular weight excluding hydrogens is 190 g/mol. The minimum absolute atomic E-state index is 0.636. The van der Waals surface area contributed by atoms with Crippen LogP contribution in [0.25, 0.3) is 0 Å². The Labute approximate surface area is 91.2 Å². The molecule has 0 aliphatic carbocycles. The van der Waals surface area contributed by atoms with Crippen LogP contribution in [0.3, 0.4) is 0 Å². The van der Waals surface area contributed by atoms with Crippen LogP contribution in [0, 0.1) is 6.92 Å². The average Bonchev–Trinajstić information content (AvgIpc) is 2.50. The van der Waals surface area contributed by atoms with E-state index >= 15 is 0 Å². The topological polar surface area (TPSA) is 60.0 Å². The van der Waals surface area contributed by atoms with Gasteiger partial charge in [0.05, 0.1) is 11.4 Å². The summed E-state index contributed by atoms with van der Waals surface area (Å²) >= 11 is 0. The largest absolute Gasteiger partial charge is 0.330 e. The predicted molar refractivity (Wildman–Crippen MR) is 60.7 cm³/mol. The molecule has 0 bridgehead atoms. The van der Waals surface area contributed by atoms with Gasteiger partial charge in [0.15, 0.2) is 0 Å². The van der Waals surface area contributed by atoms with Gasteiger partial charge in [-0.1, -0.05) is 5.21 Å². The molecule has 1 rings (SSSR count). The van der Waals surface area contributed by atoms with Crippen molar-refractivity contribution >= 4 is 0 Å². The van der Waals surface area contributed by atoms with E-state index in [2.05, 4.69) is 36.2 Å². The highest BCUT2D eigenvalue weighted by Gasteiger charge is 2.06. The standard InChI is InChI=1S/C10H21N5/c1-9-10(5-6-11)12-13-15(9)8-4-7-14(2)3/h4-8,11H2,1-3H3. The predicted octanol–water partition coefficient (Wildman–Crippen LogP) is 0.0394. The highest BCUT2D eigenvalue weighted by atomic mass is 15.4. The second-order valence-electron chi connectivity index (χ2n) is 4.04. The molecule has 0 spiro atoms. The zero-order chi connectivity index (χ0) is 11.3. The van der Waals surface area contributed by atoms with Crippen LogP contribution >= 0.6 is 0 Å². The molecule has 0 unspecified atom stereocenters. The summed E-state index contributed by atoms with van der Waals surface area (Å²) in [4.78, 5) is 2.17. The average molecular weight is 211 g/mol. The molecule has 0 aliphatic heterocycles. The first kappa shape index (κ1) is 12.1. The van der Waals surface area contributed by atoms with Crippen molar-refractivity contribution in [3.05, 3.63) is 11.4 Å². The van der Waals surface area contributed by atoms with Crippen molar-refractivity contribution in [2.45, 2.75) is 26.3 Å². The second-order valence-corrected chi connectivity index (χ2v) is 4.04. The molecule has 0 amide bonds. The van der Waals surface area contributed by atoms with E-state index in [1.165, 1.54) is 0 Å². The van der Waals surface area contributed by atoms with Crippen molar-refractivity contribution in [3.63, 3.8) is 0 Å². The SMILES string of the molecule is Cc1c(CCN)nnn1CCCN(C)C. The van der Waals surface area contributed by atoms with Crippen LogP contribution in [-0.2, 0) is 13.0 Å². The maximum absolute atomic E-state index is 5.49. The molecule has 0 aliphatic rings. The van der Waals surface area contributed by atoms with Crippen LogP contribution < -0.4 is 5.73 Å². The molecule has 5 nitrogen and oxygen atoms in total. The minimum Gasteiger partial charge on any atom is -0.330 e. The van der Waals surface area contributed by atoms with Crippen molar-refractivity contribution in [3.8, 4) is 0 Å². The first-order valence-electron chi connectivity index (χ1n) is 5.39. The molecule has 5 heteroatoms. The summed E-state index contributed by atoms with van der Waals surface area (Å²) in [5, 5.41) is 8.25. The molecule has 1 heterocycles. The quantitative estimate of drug-likeness (QED) is 0.721. The van der Waals surface area contributed by atoms with Gasteiger partial charge in [0.25, 0.3) is 0 Å². The van der Waals surface area contributed by atoms with E-state index < -0.39 is 0 Å². The van der Waals surface area contributed by atoms with Gasteiger partial charge in [-0.25, -0.2) is 4.68 Å². The van der Waals surface area contributed by atoms with Crippen molar-refractivity contribution in [1.29, 1.82) is 0 Å². The molecular formula is C10H21N5. The molecule has 0 radical (unpaired) electrons. The van der Waals surface area contributed by atoms with Crippen LogP contribution in [-0.4, -0.2) is 47.1 Å². The maximum Gasteiger partial charge on any atom is 0.0868 e. The van der Waals surface area contributed by atoms with Crippen LogP contribution in [0.1, 0.15) is 17.8 Å². The first-order chi connectivity index (χ1) is 7.15.